The second-order valence-electron chi connectivity index (χ2n) is 3.93. The molecule has 3 N–H and O–H groups in total. The van der Waals surface area contributed by atoms with Crippen LogP contribution in [0.1, 0.15) is 44.4 Å². The van der Waals surface area contributed by atoms with E-state index in [1.165, 1.54) is 0 Å². The molecule has 1 amide bonds. The van der Waals surface area contributed by atoms with Gasteiger partial charge in [0.2, 0.25) is 11.8 Å². The minimum absolute atomic E-state index is 0.162. The average Bonchev–Trinajstić information content (AvgIpc) is 2.65. The molecule has 1 unspecified atom stereocenters. The number of carbonyl (C=O) groups is 1. The van der Waals surface area contributed by atoms with Crippen LogP contribution >= 0.6 is 0 Å². The average molecular weight is 225 g/mol. The molecule has 0 aliphatic carbocycles. The smallest absolute Gasteiger partial charge is 0.237 e. The molecule has 2 atom stereocenters. The molecule has 0 saturated carbocycles. The summed E-state index contributed by atoms with van der Waals surface area (Å²) in [4.78, 5) is 15.7. The van der Waals surface area contributed by atoms with Crippen LogP contribution < -0.4 is 11.1 Å². The van der Waals surface area contributed by atoms with Crippen LogP contribution in [0.4, 0.5) is 0 Å². The summed E-state index contributed by atoms with van der Waals surface area (Å²) < 4.78 is 5.32. The maximum Gasteiger partial charge on any atom is 0.237 e. The largest absolute Gasteiger partial charge is 0.444 e. The molecular formula is C11H19N3O2. The molecule has 5 heteroatoms. The van der Waals surface area contributed by atoms with Gasteiger partial charge in [0.1, 0.15) is 11.8 Å². The Kier molecular flexibility index (Phi) is 4.49. The number of amides is 1. The van der Waals surface area contributed by atoms with Gasteiger partial charge in [-0.25, -0.2) is 4.98 Å². The predicted octanol–water partition coefficient (Wildman–Crippen LogP) is 1.29. The maximum absolute atomic E-state index is 11.6. The standard InChI is InChI=1S/C11H19N3O2/c1-4-5-9(12)10(15)14-8(3)11-13-6-7(2)16-11/h6,8-9H,4-5,12H2,1-3H3,(H,14,15)/t8?,9-/m0/s1. The van der Waals surface area contributed by atoms with Crippen molar-refractivity contribution in [2.75, 3.05) is 0 Å². The molecule has 0 aliphatic rings. The summed E-state index contributed by atoms with van der Waals surface area (Å²) >= 11 is 0. The lowest BCUT2D eigenvalue weighted by molar-refractivity contribution is -0.123. The lowest BCUT2D eigenvalue weighted by atomic mass is 10.1. The number of aromatic nitrogens is 1. The van der Waals surface area contributed by atoms with E-state index >= 15 is 0 Å². The van der Waals surface area contributed by atoms with Crippen LogP contribution in [-0.2, 0) is 4.79 Å². The number of rotatable bonds is 5. The minimum Gasteiger partial charge on any atom is -0.444 e. The third-order valence-electron chi connectivity index (χ3n) is 2.30. The van der Waals surface area contributed by atoms with Gasteiger partial charge in [0, 0.05) is 0 Å². The summed E-state index contributed by atoms with van der Waals surface area (Å²) in [6.07, 6.45) is 3.20. The Balaban J connectivity index is 2.51. The Morgan fingerprint density at radius 2 is 2.38 bits per heavy atom. The number of hydrogen-bond donors (Lipinski definition) is 2. The quantitative estimate of drug-likeness (QED) is 0.791. The van der Waals surface area contributed by atoms with E-state index in [1.807, 2.05) is 20.8 Å². The third kappa shape index (κ3) is 3.34. The Morgan fingerprint density at radius 3 is 2.88 bits per heavy atom. The summed E-state index contributed by atoms with van der Waals surface area (Å²) in [6, 6.07) is -0.701. The highest BCUT2D eigenvalue weighted by atomic mass is 16.4. The van der Waals surface area contributed by atoms with Gasteiger partial charge in [-0.05, 0) is 20.3 Å². The monoisotopic (exact) mass is 225 g/mol. The van der Waals surface area contributed by atoms with Crippen LogP contribution in [0.2, 0.25) is 0 Å². The van der Waals surface area contributed by atoms with Gasteiger partial charge in [0.15, 0.2) is 0 Å². The van der Waals surface area contributed by atoms with Crippen molar-refractivity contribution in [1.29, 1.82) is 0 Å². The molecule has 0 aliphatic heterocycles. The first kappa shape index (κ1) is 12.7. The number of aryl methyl sites for hydroxylation is 1. The first-order valence-corrected chi connectivity index (χ1v) is 5.52. The van der Waals surface area contributed by atoms with Crippen molar-refractivity contribution in [2.24, 2.45) is 5.73 Å². The van der Waals surface area contributed by atoms with Gasteiger partial charge in [-0.3, -0.25) is 4.79 Å². The first-order chi connectivity index (χ1) is 7.54. The molecular weight excluding hydrogens is 206 g/mol. The molecule has 90 valence electrons. The molecule has 1 aromatic rings. The molecule has 0 fully saturated rings. The third-order valence-corrected chi connectivity index (χ3v) is 2.30. The van der Waals surface area contributed by atoms with E-state index in [0.29, 0.717) is 12.3 Å². The van der Waals surface area contributed by atoms with Gasteiger partial charge in [-0.2, -0.15) is 0 Å². The summed E-state index contributed by atoms with van der Waals surface area (Å²) in [6.45, 7) is 5.63. The lowest BCUT2D eigenvalue weighted by Gasteiger charge is -2.14. The van der Waals surface area contributed by atoms with Crippen LogP contribution in [0, 0.1) is 6.92 Å². The molecule has 0 radical (unpaired) electrons. The van der Waals surface area contributed by atoms with Gasteiger partial charge in [0.25, 0.3) is 0 Å². The number of nitrogens with zero attached hydrogens (tertiary/aromatic N) is 1. The molecule has 5 nitrogen and oxygen atoms in total. The van der Waals surface area contributed by atoms with E-state index in [2.05, 4.69) is 10.3 Å². The predicted molar refractivity (Wildman–Crippen MR) is 60.7 cm³/mol. The van der Waals surface area contributed by atoms with E-state index in [9.17, 15) is 4.79 Å². The van der Waals surface area contributed by atoms with Crippen LogP contribution in [0.3, 0.4) is 0 Å². The van der Waals surface area contributed by atoms with Crippen molar-refractivity contribution in [2.45, 2.75) is 45.7 Å². The van der Waals surface area contributed by atoms with Crippen molar-refractivity contribution in [3.63, 3.8) is 0 Å². The van der Waals surface area contributed by atoms with Crippen molar-refractivity contribution in [1.82, 2.24) is 10.3 Å². The summed E-state index contributed by atoms with van der Waals surface area (Å²) in [5.74, 6) is 1.08. The van der Waals surface area contributed by atoms with Crippen molar-refractivity contribution >= 4 is 5.91 Å². The Bertz CT molecular complexity index is 349. The molecule has 0 saturated heterocycles. The molecule has 1 rings (SSSR count). The Labute approximate surface area is 95.4 Å². The fourth-order valence-electron chi connectivity index (χ4n) is 1.40. The van der Waals surface area contributed by atoms with Gasteiger partial charge < -0.3 is 15.5 Å². The lowest BCUT2D eigenvalue weighted by Crippen LogP contribution is -2.41. The van der Waals surface area contributed by atoms with E-state index in [-0.39, 0.29) is 11.9 Å². The SMILES string of the molecule is CCC[C@H](N)C(=O)NC(C)c1ncc(C)o1. The van der Waals surface area contributed by atoms with E-state index < -0.39 is 6.04 Å². The molecule has 0 bridgehead atoms. The second-order valence-corrected chi connectivity index (χ2v) is 3.93. The summed E-state index contributed by atoms with van der Waals surface area (Å²) in [5, 5.41) is 2.77. The zero-order chi connectivity index (χ0) is 12.1. The topological polar surface area (TPSA) is 81.2 Å². The van der Waals surface area contributed by atoms with Crippen LogP contribution in [0.5, 0.6) is 0 Å². The molecule has 0 spiro atoms. The van der Waals surface area contributed by atoms with E-state index in [0.717, 1.165) is 12.2 Å². The maximum atomic E-state index is 11.6. The number of nitrogens with two attached hydrogens (primary N) is 1. The zero-order valence-electron chi connectivity index (χ0n) is 9.99. The normalized spacial score (nSPS) is 14.5. The molecule has 1 aromatic heterocycles. The summed E-state index contributed by atoms with van der Waals surface area (Å²) in [5.41, 5.74) is 5.70. The Morgan fingerprint density at radius 1 is 1.69 bits per heavy atom. The first-order valence-electron chi connectivity index (χ1n) is 5.52. The molecule has 16 heavy (non-hydrogen) atoms. The van der Waals surface area contributed by atoms with Gasteiger partial charge in [-0.15, -0.1) is 0 Å². The van der Waals surface area contributed by atoms with Gasteiger partial charge in [0.05, 0.1) is 12.2 Å². The zero-order valence-corrected chi connectivity index (χ0v) is 9.99. The fourth-order valence-corrected chi connectivity index (χ4v) is 1.40. The van der Waals surface area contributed by atoms with Gasteiger partial charge in [-0.1, -0.05) is 13.3 Å². The number of nitrogens with one attached hydrogen (secondary N) is 1. The van der Waals surface area contributed by atoms with Gasteiger partial charge >= 0.3 is 0 Å². The van der Waals surface area contributed by atoms with Crippen molar-refractivity contribution < 1.29 is 9.21 Å². The van der Waals surface area contributed by atoms with E-state index in [1.54, 1.807) is 6.20 Å². The number of carbonyl (C=O) groups excluding carboxylic acids is 1. The second kappa shape index (κ2) is 5.65. The van der Waals surface area contributed by atoms with Crippen LogP contribution in [-0.4, -0.2) is 16.9 Å². The number of oxazole rings is 1. The highest BCUT2D eigenvalue weighted by Crippen LogP contribution is 2.12. The van der Waals surface area contributed by atoms with Crippen molar-refractivity contribution in [3.05, 3.63) is 17.8 Å². The molecule has 1 heterocycles. The minimum atomic E-state index is -0.455. The van der Waals surface area contributed by atoms with Crippen molar-refractivity contribution in [3.8, 4) is 0 Å². The van der Waals surface area contributed by atoms with Crippen LogP contribution in [0.25, 0.3) is 0 Å². The summed E-state index contributed by atoms with van der Waals surface area (Å²) in [7, 11) is 0. The Hall–Kier alpha value is -1.36. The van der Waals surface area contributed by atoms with E-state index in [4.69, 9.17) is 10.2 Å². The fraction of sp³-hybridized carbons (Fsp3) is 0.636. The number of hydrogen-bond acceptors (Lipinski definition) is 4. The highest BCUT2D eigenvalue weighted by Gasteiger charge is 2.18. The van der Waals surface area contributed by atoms with Crippen LogP contribution in [0.15, 0.2) is 10.6 Å². The highest BCUT2D eigenvalue weighted by molar-refractivity contribution is 5.81. The molecule has 0 aromatic carbocycles.